The minimum atomic E-state index is -0.978. The van der Waals surface area contributed by atoms with Crippen LogP contribution in [-0.4, -0.2) is 12.1 Å². The van der Waals surface area contributed by atoms with Gasteiger partial charge in [-0.3, -0.25) is 0 Å². The number of benzene rings is 1. The molecule has 1 aromatic carbocycles. The van der Waals surface area contributed by atoms with Crippen LogP contribution in [0.3, 0.4) is 0 Å². The molecule has 1 aromatic rings. The van der Waals surface area contributed by atoms with Crippen LogP contribution in [0.4, 0.5) is 21.0 Å². The second-order valence-corrected chi connectivity index (χ2v) is 3.69. The standard InChI is InChI=1S/C10H13N7O2/c1-5-2-6(4-11)3-7(16(14)9(12)18)8(5)17(15)10(13)19/h2-3H,14-15H2,1H3,(H2,12,18)(H2,13,19). The summed E-state index contributed by atoms with van der Waals surface area (Å²) in [6.45, 7) is 1.58. The second-order valence-electron chi connectivity index (χ2n) is 3.69. The first-order valence-electron chi connectivity index (χ1n) is 5.02. The Morgan fingerprint density at radius 2 is 1.68 bits per heavy atom. The molecule has 19 heavy (non-hydrogen) atoms. The van der Waals surface area contributed by atoms with Crippen molar-refractivity contribution >= 4 is 23.4 Å². The summed E-state index contributed by atoms with van der Waals surface area (Å²) >= 11 is 0. The van der Waals surface area contributed by atoms with Crippen molar-refractivity contribution in [2.24, 2.45) is 23.2 Å². The molecule has 8 N–H and O–H groups in total. The van der Waals surface area contributed by atoms with Crippen LogP contribution < -0.4 is 33.2 Å². The van der Waals surface area contributed by atoms with E-state index in [2.05, 4.69) is 0 Å². The topological polar surface area (TPSA) is 168 Å². The van der Waals surface area contributed by atoms with Crippen LogP contribution in [0.5, 0.6) is 0 Å². The van der Waals surface area contributed by atoms with Gasteiger partial charge in [-0.2, -0.15) is 5.26 Å². The molecule has 9 heteroatoms. The van der Waals surface area contributed by atoms with Gasteiger partial charge in [-0.05, 0) is 24.6 Å². The molecule has 1 rings (SSSR count). The number of carbonyl (C=O) groups is 2. The summed E-state index contributed by atoms with van der Waals surface area (Å²) < 4.78 is 0. The van der Waals surface area contributed by atoms with Gasteiger partial charge in [0.05, 0.1) is 23.0 Å². The summed E-state index contributed by atoms with van der Waals surface area (Å²) in [5.74, 6) is 11.0. The largest absolute Gasteiger partial charge is 0.350 e. The monoisotopic (exact) mass is 263 g/mol. The van der Waals surface area contributed by atoms with Crippen molar-refractivity contribution in [2.45, 2.75) is 6.92 Å². The van der Waals surface area contributed by atoms with Gasteiger partial charge in [0.25, 0.3) is 0 Å². The van der Waals surface area contributed by atoms with E-state index in [1.807, 2.05) is 6.07 Å². The van der Waals surface area contributed by atoms with E-state index < -0.39 is 12.1 Å². The Morgan fingerprint density at radius 3 is 2.11 bits per heavy atom. The lowest BCUT2D eigenvalue weighted by Crippen LogP contribution is -2.46. The molecule has 0 radical (unpaired) electrons. The number of anilines is 2. The van der Waals surface area contributed by atoms with E-state index in [0.717, 1.165) is 0 Å². The Balaban J connectivity index is 3.56. The van der Waals surface area contributed by atoms with E-state index in [9.17, 15) is 9.59 Å². The number of nitrogens with two attached hydrogens (primary N) is 4. The zero-order valence-corrected chi connectivity index (χ0v) is 10.1. The fraction of sp³-hybridized carbons (Fsp3) is 0.100. The van der Waals surface area contributed by atoms with Crippen molar-refractivity contribution in [1.82, 2.24) is 0 Å². The molecule has 0 aromatic heterocycles. The molecule has 0 bridgehead atoms. The number of nitrogens with zero attached hydrogens (tertiary/aromatic N) is 3. The van der Waals surface area contributed by atoms with Gasteiger partial charge >= 0.3 is 12.1 Å². The summed E-state index contributed by atoms with van der Waals surface area (Å²) in [7, 11) is 0. The molecule has 0 aliphatic rings. The van der Waals surface area contributed by atoms with Gasteiger partial charge in [0, 0.05) is 0 Å². The van der Waals surface area contributed by atoms with Crippen LogP contribution in [0, 0.1) is 18.3 Å². The fourth-order valence-corrected chi connectivity index (χ4v) is 1.55. The lowest BCUT2D eigenvalue weighted by atomic mass is 10.1. The lowest BCUT2D eigenvalue weighted by Gasteiger charge is -2.24. The first-order chi connectivity index (χ1) is 8.79. The minimum absolute atomic E-state index is 0.00495. The molecular formula is C10H13N7O2. The number of amides is 4. The number of primary amides is 2. The molecule has 0 heterocycles. The van der Waals surface area contributed by atoms with Crippen molar-refractivity contribution in [1.29, 1.82) is 5.26 Å². The van der Waals surface area contributed by atoms with Crippen LogP contribution in [0.1, 0.15) is 11.1 Å². The third-order valence-electron chi connectivity index (χ3n) is 2.38. The Morgan fingerprint density at radius 1 is 1.16 bits per heavy atom. The van der Waals surface area contributed by atoms with Crippen molar-refractivity contribution in [2.75, 3.05) is 10.0 Å². The highest BCUT2D eigenvalue weighted by Crippen LogP contribution is 2.31. The maximum absolute atomic E-state index is 11.1. The van der Waals surface area contributed by atoms with E-state index >= 15 is 0 Å². The predicted molar refractivity (Wildman–Crippen MR) is 68.4 cm³/mol. The molecule has 0 atom stereocenters. The summed E-state index contributed by atoms with van der Waals surface area (Å²) in [6, 6.07) is 2.70. The summed E-state index contributed by atoms with van der Waals surface area (Å²) in [5, 5.41) is 10.1. The van der Waals surface area contributed by atoms with Crippen molar-refractivity contribution < 1.29 is 9.59 Å². The number of carbonyl (C=O) groups excluding carboxylic acids is 2. The molecule has 0 saturated carbocycles. The third kappa shape index (κ3) is 2.71. The molecular weight excluding hydrogens is 250 g/mol. The van der Waals surface area contributed by atoms with Crippen molar-refractivity contribution in [3.05, 3.63) is 23.3 Å². The van der Waals surface area contributed by atoms with Crippen LogP contribution in [0.25, 0.3) is 0 Å². The predicted octanol–water partition coefficient (Wildman–Crippen LogP) is -0.616. The smallest absolute Gasteiger partial charge is 0.333 e. The van der Waals surface area contributed by atoms with Crippen LogP contribution in [0.2, 0.25) is 0 Å². The Hall–Kier alpha value is -2.83. The maximum Gasteiger partial charge on any atom is 0.333 e. The Bertz CT molecular complexity index is 578. The van der Waals surface area contributed by atoms with Gasteiger partial charge in [-0.1, -0.05) is 0 Å². The normalized spacial score (nSPS) is 9.58. The summed E-state index contributed by atoms with van der Waals surface area (Å²) in [6.07, 6.45) is 0. The van der Waals surface area contributed by atoms with Crippen LogP contribution in [0.15, 0.2) is 12.1 Å². The number of urea groups is 2. The molecule has 4 amide bonds. The highest BCUT2D eigenvalue weighted by Gasteiger charge is 2.21. The van der Waals surface area contributed by atoms with Crippen molar-refractivity contribution in [3.8, 4) is 6.07 Å². The second kappa shape index (κ2) is 5.21. The molecule has 9 nitrogen and oxygen atoms in total. The first kappa shape index (κ1) is 14.2. The van der Waals surface area contributed by atoms with E-state index in [0.29, 0.717) is 15.6 Å². The highest BCUT2D eigenvalue weighted by molar-refractivity contribution is 6.00. The van der Waals surface area contributed by atoms with Gasteiger partial charge < -0.3 is 11.5 Å². The third-order valence-corrected chi connectivity index (χ3v) is 2.38. The number of hydrogen-bond acceptors (Lipinski definition) is 5. The minimum Gasteiger partial charge on any atom is -0.350 e. The molecule has 0 aliphatic carbocycles. The quantitative estimate of drug-likeness (QED) is 0.316. The first-order valence-corrected chi connectivity index (χ1v) is 5.02. The fourth-order valence-electron chi connectivity index (χ4n) is 1.55. The molecule has 0 saturated heterocycles. The lowest BCUT2D eigenvalue weighted by molar-refractivity contribution is 0.252. The maximum atomic E-state index is 11.1. The number of hydrazine groups is 2. The number of hydrogen-bond donors (Lipinski definition) is 4. The average molecular weight is 263 g/mol. The zero-order valence-electron chi connectivity index (χ0n) is 10.1. The van der Waals surface area contributed by atoms with Gasteiger partial charge in [0.2, 0.25) is 0 Å². The average Bonchev–Trinajstić information content (AvgIpc) is 2.35. The van der Waals surface area contributed by atoms with E-state index in [1.165, 1.54) is 12.1 Å². The number of nitriles is 1. The SMILES string of the molecule is Cc1cc(C#N)cc(N(N)C(N)=O)c1N(N)C(N)=O. The van der Waals surface area contributed by atoms with Gasteiger partial charge in [0.15, 0.2) is 0 Å². The number of aryl methyl sites for hydroxylation is 1. The van der Waals surface area contributed by atoms with Crippen LogP contribution >= 0.6 is 0 Å². The van der Waals surface area contributed by atoms with E-state index in [1.54, 1.807) is 6.92 Å². The molecule has 0 unspecified atom stereocenters. The molecule has 0 aliphatic heterocycles. The molecule has 0 spiro atoms. The number of rotatable bonds is 2. The summed E-state index contributed by atoms with van der Waals surface area (Å²) in [4.78, 5) is 22.3. The highest BCUT2D eigenvalue weighted by atomic mass is 16.2. The molecule has 0 fully saturated rings. The van der Waals surface area contributed by atoms with Crippen LogP contribution in [-0.2, 0) is 0 Å². The van der Waals surface area contributed by atoms with Gasteiger partial charge in [-0.15, -0.1) is 0 Å². The molecule has 100 valence electrons. The summed E-state index contributed by atoms with van der Waals surface area (Å²) in [5.41, 5.74) is 10.9. The van der Waals surface area contributed by atoms with Gasteiger partial charge in [0.1, 0.15) is 0 Å². The van der Waals surface area contributed by atoms with Gasteiger partial charge in [-0.25, -0.2) is 31.3 Å². The zero-order chi connectivity index (χ0) is 14.7. The Kier molecular flexibility index (Phi) is 3.91. The van der Waals surface area contributed by atoms with Crippen molar-refractivity contribution in [3.63, 3.8) is 0 Å². The Labute approximate surface area is 108 Å². The van der Waals surface area contributed by atoms with E-state index in [4.69, 9.17) is 28.4 Å². The van der Waals surface area contributed by atoms with E-state index in [-0.39, 0.29) is 16.9 Å².